The lowest BCUT2D eigenvalue weighted by Gasteiger charge is -2.29. The van der Waals surface area contributed by atoms with Crippen molar-refractivity contribution in [3.63, 3.8) is 0 Å². The van der Waals surface area contributed by atoms with Crippen molar-refractivity contribution >= 4 is 26.1 Å². The van der Waals surface area contributed by atoms with E-state index in [4.69, 9.17) is 30.2 Å². The van der Waals surface area contributed by atoms with Crippen LogP contribution >= 0.6 is 12.2 Å². The van der Waals surface area contributed by atoms with Crippen LogP contribution in [0.3, 0.4) is 0 Å². The van der Waals surface area contributed by atoms with Gasteiger partial charge in [-0.05, 0) is 52.3 Å². The van der Waals surface area contributed by atoms with Gasteiger partial charge >= 0.3 is 8.80 Å². The van der Waals surface area contributed by atoms with Gasteiger partial charge in [-0.3, -0.25) is 0 Å². The maximum atomic E-state index is 5.88. The minimum Gasteiger partial charge on any atom is -0.484 e. The minimum absolute atomic E-state index is 0.203. The number of hydrogen-bond donors (Lipinski definition) is 0. The van der Waals surface area contributed by atoms with Crippen LogP contribution in [0.2, 0.25) is 6.04 Å². The van der Waals surface area contributed by atoms with Crippen LogP contribution in [-0.2, 0) is 18.0 Å². The van der Waals surface area contributed by atoms with Gasteiger partial charge in [0.05, 0.1) is 6.10 Å². The molecule has 0 amide bonds. The SMILES string of the molecule is CCCCC(CCC[Si](OCC)(OCC)OCC)OC(C)=S. The molecule has 0 aliphatic rings. The highest BCUT2D eigenvalue weighted by Gasteiger charge is 2.39. The van der Waals surface area contributed by atoms with Gasteiger partial charge in [0.2, 0.25) is 0 Å². The van der Waals surface area contributed by atoms with Gasteiger partial charge in [0.15, 0.2) is 5.05 Å². The normalized spacial score (nSPS) is 13.1. The second-order valence-electron chi connectivity index (χ2n) is 5.25. The first-order valence-corrected chi connectivity index (χ1v) is 11.0. The van der Waals surface area contributed by atoms with E-state index in [1.165, 1.54) is 6.42 Å². The van der Waals surface area contributed by atoms with Crippen LogP contribution in [0.25, 0.3) is 0 Å². The van der Waals surface area contributed by atoms with Crippen LogP contribution in [-0.4, -0.2) is 39.8 Å². The highest BCUT2D eigenvalue weighted by atomic mass is 32.1. The van der Waals surface area contributed by atoms with Gasteiger partial charge in [-0.2, -0.15) is 0 Å². The van der Waals surface area contributed by atoms with Gasteiger partial charge in [-0.25, -0.2) is 0 Å². The van der Waals surface area contributed by atoms with Crippen molar-refractivity contribution in [2.45, 2.75) is 78.9 Å². The standard InChI is InChI=1S/C16H34O4SSi/c1-6-10-12-16(20-15(5)21)13-11-14-22(17-7-2,18-8-3)19-9-4/h16H,6-14H2,1-5H3. The first kappa shape index (κ1) is 22.0. The molecule has 0 N–H and O–H groups in total. The van der Waals surface area contributed by atoms with Crippen molar-refractivity contribution in [3.05, 3.63) is 0 Å². The topological polar surface area (TPSA) is 36.9 Å². The van der Waals surface area contributed by atoms with Gasteiger partial charge in [-0.1, -0.05) is 19.8 Å². The maximum absolute atomic E-state index is 5.88. The predicted molar refractivity (Wildman–Crippen MR) is 97.3 cm³/mol. The molecule has 1 atom stereocenters. The highest BCUT2D eigenvalue weighted by molar-refractivity contribution is 7.80. The van der Waals surface area contributed by atoms with Crippen molar-refractivity contribution in [3.8, 4) is 0 Å². The van der Waals surface area contributed by atoms with Gasteiger partial charge in [0.25, 0.3) is 0 Å². The smallest absolute Gasteiger partial charge is 0.484 e. The lowest BCUT2D eigenvalue weighted by molar-refractivity contribution is 0.0693. The van der Waals surface area contributed by atoms with Gasteiger partial charge < -0.3 is 18.0 Å². The van der Waals surface area contributed by atoms with Crippen molar-refractivity contribution in [1.82, 2.24) is 0 Å². The summed E-state index contributed by atoms with van der Waals surface area (Å²) >= 11 is 5.08. The third-order valence-corrected chi connectivity index (χ3v) is 6.56. The summed E-state index contributed by atoms with van der Waals surface area (Å²) in [4.78, 5) is 0. The average Bonchev–Trinajstić information content (AvgIpc) is 2.45. The number of rotatable bonds is 14. The Morgan fingerprint density at radius 2 is 1.41 bits per heavy atom. The largest absolute Gasteiger partial charge is 0.500 e. The van der Waals surface area contributed by atoms with E-state index in [2.05, 4.69) is 6.92 Å². The molecule has 0 aromatic heterocycles. The molecule has 0 radical (unpaired) electrons. The molecule has 0 spiro atoms. The maximum Gasteiger partial charge on any atom is 0.500 e. The predicted octanol–water partition coefficient (Wildman–Crippen LogP) is 4.74. The Morgan fingerprint density at radius 3 is 1.82 bits per heavy atom. The molecule has 22 heavy (non-hydrogen) atoms. The Labute approximate surface area is 143 Å². The lowest BCUT2D eigenvalue weighted by Crippen LogP contribution is -2.46. The zero-order valence-electron chi connectivity index (χ0n) is 15.0. The Bertz CT molecular complexity index is 272. The molecule has 0 bridgehead atoms. The lowest BCUT2D eigenvalue weighted by atomic mass is 10.1. The first-order valence-electron chi connectivity index (χ1n) is 8.62. The van der Waals surface area contributed by atoms with Crippen LogP contribution in [0.1, 0.15) is 66.7 Å². The molecule has 0 saturated heterocycles. The summed E-state index contributed by atoms with van der Waals surface area (Å²) in [6.07, 6.45) is 5.54. The van der Waals surface area contributed by atoms with E-state index in [1.807, 2.05) is 27.7 Å². The van der Waals surface area contributed by atoms with Crippen molar-refractivity contribution in [2.24, 2.45) is 0 Å². The zero-order chi connectivity index (χ0) is 16.8. The molecule has 0 saturated carbocycles. The Hall–Kier alpha value is -0.0131. The molecule has 6 heteroatoms. The van der Waals surface area contributed by atoms with Crippen molar-refractivity contribution in [2.75, 3.05) is 19.8 Å². The van der Waals surface area contributed by atoms with Crippen molar-refractivity contribution < 1.29 is 18.0 Å². The number of thiocarbonyl (C=S) groups is 1. The molecule has 1 unspecified atom stereocenters. The summed E-state index contributed by atoms with van der Waals surface area (Å²) in [7, 11) is -2.52. The fourth-order valence-electron chi connectivity index (χ4n) is 2.48. The van der Waals surface area contributed by atoms with E-state index in [9.17, 15) is 0 Å². The van der Waals surface area contributed by atoms with Gasteiger partial charge in [0.1, 0.15) is 0 Å². The molecule has 0 aliphatic heterocycles. The molecule has 0 aromatic rings. The fraction of sp³-hybridized carbons (Fsp3) is 0.938. The van der Waals surface area contributed by atoms with E-state index in [0.29, 0.717) is 24.9 Å². The first-order chi connectivity index (χ1) is 10.5. The molecule has 0 heterocycles. The number of ether oxygens (including phenoxy) is 1. The van der Waals surface area contributed by atoms with Crippen LogP contribution < -0.4 is 0 Å². The molecule has 0 rings (SSSR count). The average molecular weight is 351 g/mol. The summed E-state index contributed by atoms with van der Waals surface area (Å²) in [5.41, 5.74) is 0. The van der Waals surface area contributed by atoms with Crippen LogP contribution in [0.5, 0.6) is 0 Å². The van der Waals surface area contributed by atoms with Crippen molar-refractivity contribution in [1.29, 1.82) is 0 Å². The summed E-state index contributed by atoms with van der Waals surface area (Å²) in [5, 5.41) is 0.629. The van der Waals surface area contributed by atoms with Gasteiger partial charge in [0, 0.05) is 32.8 Å². The zero-order valence-corrected chi connectivity index (χ0v) is 16.8. The van der Waals surface area contributed by atoms with E-state index in [0.717, 1.165) is 31.7 Å². The fourth-order valence-corrected chi connectivity index (χ4v) is 5.25. The summed E-state index contributed by atoms with van der Waals surface area (Å²) < 4.78 is 23.4. The summed E-state index contributed by atoms with van der Waals surface area (Å²) in [5.74, 6) is 0. The minimum atomic E-state index is -2.52. The molecular formula is C16H34O4SSi. The van der Waals surface area contributed by atoms with Gasteiger partial charge in [-0.15, -0.1) is 0 Å². The molecule has 0 aliphatic carbocycles. The van der Waals surface area contributed by atoms with E-state index >= 15 is 0 Å². The number of unbranched alkanes of at least 4 members (excludes halogenated alkanes) is 1. The summed E-state index contributed by atoms with van der Waals surface area (Å²) in [6.45, 7) is 11.9. The number of hydrogen-bond acceptors (Lipinski definition) is 5. The van der Waals surface area contributed by atoms with Crippen LogP contribution in [0.4, 0.5) is 0 Å². The Kier molecular flexibility index (Phi) is 13.4. The van der Waals surface area contributed by atoms with E-state index in [-0.39, 0.29) is 6.10 Å². The highest BCUT2D eigenvalue weighted by Crippen LogP contribution is 2.22. The molecular weight excluding hydrogens is 316 g/mol. The Balaban J connectivity index is 4.48. The molecule has 132 valence electrons. The molecule has 4 nitrogen and oxygen atoms in total. The third kappa shape index (κ3) is 9.89. The Morgan fingerprint density at radius 1 is 0.909 bits per heavy atom. The third-order valence-electron chi connectivity index (χ3n) is 3.31. The molecule has 0 aromatic carbocycles. The van der Waals surface area contributed by atoms with E-state index in [1.54, 1.807) is 0 Å². The summed E-state index contributed by atoms with van der Waals surface area (Å²) in [6, 6.07) is 0.838. The second-order valence-corrected chi connectivity index (χ2v) is 8.55. The quantitative estimate of drug-likeness (QED) is 0.334. The van der Waals surface area contributed by atoms with Crippen LogP contribution in [0.15, 0.2) is 0 Å². The monoisotopic (exact) mass is 350 g/mol. The second kappa shape index (κ2) is 13.4. The van der Waals surface area contributed by atoms with Crippen LogP contribution in [0, 0.1) is 0 Å². The molecule has 0 fully saturated rings. The van der Waals surface area contributed by atoms with E-state index < -0.39 is 8.80 Å².